The molecule has 14 heavy (non-hydrogen) atoms. The molecule has 78 valence electrons. The highest BCUT2D eigenvalue weighted by molar-refractivity contribution is 6.64. The molecule has 0 aliphatic heterocycles. The molecule has 0 saturated carbocycles. The van der Waals surface area contributed by atoms with Gasteiger partial charge in [0.15, 0.2) is 0 Å². The summed E-state index contributed by atoms with van der Waals surface area (Å²) in [6.07, 6.45) is 0.691. The first kappa shape index (κ1) is 13.1. The zero-order valence-electron chi connectivity index (χ0n) is 8.59. The summed E-state index contributed by atoms with van der Waals surface area (Å²) in [5, 5.41) is -0.281. The molecule has 0 aliphatic rings. The number of carbonyl (C=O) groups excluding carboxylic acids is 1. The van der Waals surface area contributed by atoms with Gasteiger partial charge in [-0.1, -0.05) is 44.2 Å². The van der Waals surface area contributed by atoms with Crippen molar-refractivity contribution in [2.45, 2.75) is 20.3 Å². The van der Waals surface area contributed by atoms with Gasteiger partial charge < -0.3 is 6.15 Å². The van der Waals surface area contributed by atoms with Crippen LogP contribution in [0.2, 0.25) is 0 Å². The lowest BCUT2D eigenvalue weighted by atomic mass is 9.87. The number of rotatable bonds is 3. The molecular weight excluding hydrogens is 198 g/mol. The second-order valence-corrected chi connectivity index (χ2v) is 4.16. The predicted octanol–water partition coefficient (Wildman–Crippen LogP) is 3.18. The highest BCUT2D eigenvalue weighted by atomic mass is 35.5. The van der Waals surface area contributed by atoms with E-state index in [1.807, 2.05) is 44.2 Å². The molecule has 0 aromatic heterocycles. The summed E-state index contributed by atoms with van der Waals surface area (Å²) in [7, 11) is 0. The van der Waals surface area contributed by atoms with E-state index in [1.165, 1.54) is 0 Å². The summed E-state index contributed by atoms with van der Waals surface area (Å²) >= 11 is 5.48. The van der Waals surface area contributed by atoms with Crippen LogP contribution in [0.25, 0.3) is 0 Å². The van der Waals surface area contributed by atoms with Crippen LogP contribution >= 0.6 is 11.6 Å². The molecular formula is C11H16ClNO. The van der Waals surface area contributed by atoms with Crippen LogP contribution in [-0.4, -0.2) is 5.24 Å². The first-order chi connectivity index (χ1) is 6.02. The van der Waals surface area contributed by atoms with Crippen LogP contribution in [0.3, 0.4) is 0 Å². The van der Waals surface area contributed by atoms with E-state index in [9.17, 15) is 4.79 Å². The van der Waals surface area contributed by atoms with Crippen LogP contribution in [0.15, 0.2) is 30.3 Å². The lowest BCUT2D eigenvalue weighted by molar-refractivity contribution is -0.118. The third kappa shape index (κ3) is 3.48. The molecule has 0 spiro atoms. The second-order valence-electron chi connectivity index (χ2n) is 3.82. The van der Waals surface area contributed by atoms with Gasteiger partial charge in [-0.05, 0) is 23.6 Å². The Morgan fingerprint density at radius 2 is 1.79 bits per heavy atom. The largest absolute Gasteiger partial charge is 0.344 e. The van der Waals surface area contributed by atoms with Gasteiger partial charge in [0, 0.05) is 5.41 Å². The Bertz CT molecular complexity index is 295. The highest BCUT2D eigenvalue weighted by Crippen LogP contribution is 2.24. The van der Waals surface area contributed by atoms with Crippen molar-refractivity contribution < 1.29 is 4.79 Å². The molecule has 3 N–H and O–H groups in total. The Morgan fingerprint density at radius 1 is 1.29 bits per heavy atom. The Hall–Kier alpha value is -0.860. The van der Waals surface area contributed by atoms with Crippen molar-refractivity contribution in [3.05, 3.63) is 35.9 Å². The quantitative estimate of drug-likeness (QED) is 0.785. The molecule has 0 saturated heterocycles. The molecule has 0 atom stereocenters. The molecule has 2 nitrogen and oxygen atoms in total. The average molecular weight is 214 g/mol. The van der Waals surface area contributed by atoms with Gasteiger partial charge in [0.2, 0.25) is 5.24 Å². The van der Waals surface area contributed by atoms with E-state index in [4.69, 9.17) is 11.6 Å². The van der Waals surface area contributed by atoms with Gasteiger partial charge in [-0.3, -0.25) is 4.79 Å². The summed E-state index contributed by atoms with van der Waals surface area (Å²) in [5.74, 6) is 0. The van der Waals surface area contributed by atoms with E-state index in [0.717, 1.165) is 5.56 Å². The SMILES string of the molecule is CC(C)(Cc1ccccc1)C(=O)Cl.N. The number of benzene rings is 1. The third-order valence-corrected chi connectivity index (χ3v) is 2.53. The minimum absolute atomic E-state index is 0. The molecule has 0 amide bonds. The van der Waals surface area contributed by atoms with Crippen molar-refractivity contribution in [1.82, 2.24) is 6.15 Å². The van der Waals surface area contributed by atoms with Gasteiger partial charge in [-0.15, -0.1) is 0 Å². The zero-order valence-corrected chi connectivity index (χ0v) is 9.34. The lowest BCUT2D eigenvalue weighted by Gasteiger charge is -2.19. The first-order valence-electron chi connectivity index (χ1n) is 4.26. The maximum Gasteiger partial charge on any atom is 0.227 e. The molecule has 0 aliphatic carbocycles. The topological polar surface area (TPSA) is 52.1 Å². The predicted molar refractivity (Wildman–Crippen MR) is 59.8 cm³/mol. The van der Waals surface area contributed by atoms with Gasteiger partial charge in [-0.25, -0.2) is 0 Å². The van der Waals surface area contributed by atoms with E-state index in [-0.39, 0.29) is 11.4 Å². The molecule has 1 rings (SSSR count). The minimum atomic E-state index is -0.469. The Morgan fingerprint density at radius 3 is 2.21 bits per heavy atom. The van der Waals surface area contributed by atoms with Crippen LogP contribution in [-0.2, 0) is 11.2 Å². The summed E-state index contributed by atoms with van der Waals surface area (Å²) in [5.41, 5.74) is 0.671. The van der Waals surface area contributed by atoms with Gasteiger partial charge in [0.25, 0.3) is 0 Å². The van der Waals surface area contributed by atoms with Crippen molar-refractivity contribution in [3.8, 4) is 0 Å². The minimum Gasteiger partial charge on any atom is -0.344 e. The van der Waals surface area contributed by atoms with Gasteiger partial charge in [0.05, 0.1) is 0 Å². The summed E-state index contributed by atoms with van der Waals surface area (Å²) in [4.78, 5) is 11.0. The fourth-order valence-corrected chi connectivity index (χ4v) is 1.24. The maximum absolute atomic E-state index is 11.0. The first-order valence-corrected chi connectivity index (χ1v) is 4.64. The van der Waals surface area contributed by atoms with E-state index < -0.39 is 5.41 Å². The van der Waals surface area contributed by atoms with Gasteiger partial charge >= 0.3 is 0 Å². The number of carbonyl (C=O) groups is 1. The summed E-state index contributed by atoms with van der Waals surface area (Å²) < 4.78 is 0. The lowest BCUT2D eigenvalue weighted by Crippen LogP contribution is -2.22. The van der Waals surface area contributed by atoms with Crippen LogP contribution < -0.4 is 6.15 Å². The highest BCUT2D eigenvalue weighted by Gasteiger charge is 2.25. The van der Waals surface area contributed by atoms with Crippen LogP contribution in [0.5, 0.6) is 0 Å². The number of halogens is 1. The van der Waals surface area contributed by atoms with Crippen LogP contribution in [0, 0.1) is 5.41 Å². The van der Waals surface area contributed by atoms with Crippen molar-refractivity contribution in [3.63, 3.8) is 0 Å². The van der Waals surface area contributed by atoms with Crippen molar-refractivity contribution in [2.75, 3.05) is 0 Å². The fourth-order valence-electron chi connectivity index (χ4n) is 1.18. The Balaban J connectivity index is 0.00000169. The Kier molecular flexibility index (Phi) is 4.81. The molecule has 3 heteroatoms. The normalized spacial score (nSPS) is 10.5. The zero-order chi connectivity index (χ0) is 9.90. The molecule has 0 unspecified atom stereocenters. The number of hydrogen-bond acceptors (Lipinski definition) is 2. The fraction of sp³-hybridized carbons (Fsp3) is 0.364. The van der Waals surface area contributed by atoms with E-state index in [1.54, 1.807) is 0 Å². The van der Waals surface area contributed by atoms with E-state index in [0.29, 0.717) is 6.42 Å². The third-order valence-electron chi connectivity index (χ3n) is 2.02. The van der Waals surface area contributed by atoms with Crippen LogP contribution in [0.1, 0.15) is 19.4 Å². The van der Waals surface area contributed by atoms with E-state index >= 15 is 0 Å². The maximum atomic E-state index is 11.0. The molecule has 1 aromatic rings. The standard InChI is InChI=1S/C11H13ClO.H3N/c1-11(2,10(12)13)8-9-6-4-3-5-7-9;/h3-7H,8H2,1-2H3;1H3. The molecule has 0 bridgehead atoms. The van der Waals surface area contributed by atoms with Crippen molar-refractivity contribution >= 4 is 16.8 Å². The summed E-state index contributed by atoms with van der Waals surface area (Å²) in [6, 6.07) is 9.89. The van der Waals surface area contributed by atoms with E-state index in [2.05, 4.69) is 0 Å². The molecule has 0 fully saturated rings. The smallest absolute Gasteiger partial charge is 0.227 e. The number of hydrogen-bond donors (Lipinski definition) is 1. The van der Waals surface area contributed by atoms with Crippen molar-refractivity contribution in [1.29, 1.82) is 0 Å². The Labute approximate surface area is 89.9 Å². The molecule has 1 aromatic carbocycles. The van der Waals surface area contributed by atoms with Gasteiger partial charge in [0.1, 0.15) is 0 Å². The average Bonchev–Trinajstić information content (AvgIpc) is 2.05. The molecule has 0 radical (unpaired) electrons. The van der Waals surface area contributed by atoms with Crippen LogP contribution in [0.4, 0.5) is 0 Å². The summed E-state index contributed by atoms with van der Waals surface area (Å²) in [6.45, 7) is 3.71. The monoisotopic (exact) mass is 213 g/mol. The molecule has 0 heterocycles. The van der Waals surface area contributed by atoms with Gasteiger partial charge in [-0.2, -0.15) is 0 Å². The van der Waals surface area contributed by atoms with Crippen molar-refractivity contribution in [2.24, 2.45) is 5.41 Å². The second kappa shape index (κ2) is 5.13.